The predicted octanol–water partition coefficient (Wildman–Crippen LogP) is 2.81. The molecule has 1 amide bonds. The van der Waals surface area contributed by atoms with Crippen molar-refractivity contribution in [1.82, 2.24) is 4.90 Å². The standard InChI is InChI=1S/C22H22FN3O3/c1-26-19(27)22(25-20(26)24)12-21(8-3-9-28-13-21)29-18-7-6-15(11-17(18)22)14-4-2-5-16(23)10-14/h2,4-7,10-11H,3,8-9,12-13H2,1H3,(H2,24,25). The van der Waals surface area contributed by atoms with Gasteiger partial charge in [0.25, 0.3) is 5.91 Å². The maximum absolute atomic E-state index is 13.8. The van der Waals surface area contributed by atoms with Crippen LogP contribution in [-0.2, 0) is 15.1 Å². The molecule has 1 fully saturated rings. The van der Waals surface area contributed by atoms with Gasteiger partial charge in [-0.2, -0.15) is 0 Å². The van der Waals surface area contributed by atoms with Crippen LogP contribution in [-0.4, -0.2) is 42.6 Å². The van der Waals surface area contributed by atoms with Crippen LogP contribution in [0.5, 0.6) is 5.75 Å². The van der Waals surface area contributed by atoms with Gasteiger partial charge in [-0.1, -0.05) is 18.2 Å². The molecule has 2 aromatic rings. The summed E-state index contributed by atoms with van der Waals surface area (Å²) >= 11 is 0. The zero-order valence-electron chi connectivity index (χ0n) is 16.2. The Morgan fingerprint density at radius 3 is 2.72 bits per heavy atom. The Kier molecular flexibility index (Phi) is 3.93. The lowest BCUT2D eigenvalue weighted by atomic mass is 9.74. The van der Waals surface area contributed by atoms with Crippen LogP contribution in [0.3, 0.4) is 0 Å². The van der Waals surface area contributed by atoms with Gasteiger partial charge in [-0.25, -0.2) is 9.38 Å². The Bertz CT molecular complexity index is 1030. The van der Waals surface area contributed by atoms with E-state index in [-0.39, 0.29) is 17.7 Å². The highest BCUT2D eigenvalue weighted by atomic mass is 19.1. The predicted molar refractivity (Wildman–Crippen MR) is 106 cm³/mol. The number of fused-ring (bicyclic) bond motifs is 2. The smallest absolute Gasteiger partial charge is 0.261 e. The average molecular weight is 395 g/mol. The highest BCUT2D eigenvalue weighted by Gasteiger charge is 2.58. The van der Waals surface area contributed by atoms with E-state index < -0.39 is 11.1 Å². The van der Waals surface area contributed by atoms with Crippen LogP contribution >= 0.6 is 0 Å². The number of ether oxygens (including phenoxy) is 2. The van der Waals surface area contributed by atoms with E-state index in [0.717, 1.165) is 24.0 Å². The van der Waals surface area contributed by atoms with Crippen LogP contribution in [0.1, 0.15) is 24.8 Å². The minimum Gasteiger partial charge on any atom is -0.484 e. The number of amides is 1. The van der Waals surface area contributed by atoms with E-state index in [1.165, 1.54) is 17.0 Å². The third-order valence-electron chi connectivity index (χ3n) is 6.08. The van der Waals surface area contributed by atoms with Crippen molar-refractivity contribution in [3.63, 3.8) is 0 Å². The molecule has 3 aliphatic rings. The quantitative estimate of drug-likeness (QED) is 0.806. The molecule has 29 heavy (non-hydrogen) atoms. The largest absolute Gasteiger partial charge is 0.484 e. The minimum absolute atomic E-state index is 0.180. The van der Waals surface area contributed by atoms with Gasteiger partial charge in [-0.05, 0) is 48.2 Å². The number of nitrogens with two attached hydrogens (primary N) is 1. The van der Waals surface area contributed by atoms with Gasteiger partial charge in [0, 0.05) is 25.6 Å². The molecule has 7 heteroatoms. The van der Waals surface area contributed by atoms with E-state index in [4.69, 9.17) is 15.2 Å². The van der Waals surface area contributed by atoms with Crippen LogP contribution in [0.4, 0.5) is 4.39 Å². The lowest BCUT2D eigenvalue weighted by molar-refractivity contribution is -0.139. The van der Waals surface area contributed by atoms with E-state index in [1.807, 2.05) is 24.3 Å². The fraction of sp³-hybridized carbons (Fsp3) is 0.364. The second kappa shape index (κ2) is 6.29. The van der Waals surface area contributed by atoms with Gasteiger partial charge in [0.05, 0.1) is 6.61 Å². The van der Waals surface area contributed by atoms with Crippen LogP contribution in [0.25, 0.3) is 11.1 Å². The summed E-state index contributed by atoms with van der Waals surface area (Å²) in [4.78, 5) is 19.4. The zero-order valence-corrected chi connectivity index (χ0v) is 16.2. The van der Waals surface area contributed by atoms with Crippen molar-refractivity contribution >= 4 is 11.9 Å². The van der Waals surface area contributed by atoms with Gasteiger partial charge in [0.2, 0.25) is 0 Å². The molecular weight excluding hydrogens is 373 g/mol. The number of hydrogen-bond acceptors (Lipinski definition) is 5. The molecule has 6 nitrogen and oxygen atoms in total. The molecular formula is C22H22FN3O3. The van der Waals surface area contributed by atoms with Gasteiger partial charge >= 0.3 is 0 Å². The number of halogens is 1. The van der Waals surface area contributed by atoms with Crippen molar-refractivity contribution in [3.05, 3.63) is 53.8 Å². The number of guanidine groups is 1. The van der Waals surface area contributed by atoms with Crippen molar-refractivity contribution in [2.75, 3.05) is 20.3 Å². The fourth-order valence-electron chi connectivity index (χ4n) is 4.66. The number of hydrogen-bond donors (Lipinski definition) is 1. The van der Waals surface area contributed by atoms with Gasteiger partial charge in [-0.15, -0.1) is 0 Å². The molecule has 0 aromatic heterocycles. The van der Waals surface area contributed by atoms with E-state index >= 15 is 0 Å². The average Bonchev–Trinajstić information content (AvgIpc) is 2.92. The molecule has 1 saturated heterocycles. The molecule has 0 aliphatic carbocycles. The summed E-state index contributed by atoms with van der Waals surface area (Å²) in [7, 11) is 1.63. The fourth-order valence-corrected chi connectivity index (χ4v) is 4.66. The van der Waals surface area contributed by atoms with Crippen molar-refractivity contribution in [3.8, 4) is 16.9 Å². The third kappa shape index (κ3) is 2.72. The molecule has 0 saturated carbocycles. The number of likely N-dealkylation sites (N-methyl/N-ethyl adjacent to an activating group) is 1. The first-order valence-electron chi connectivity index (χ1n) is 9.73. The molecule has 150 valence electrons. The summed E-state index contributed by atoms with van der Waals surface area (Å²) in [5, 5.41) is 0. The Morgan fingerprint density at radius 1 is 1.21 bits per heavy atom. The summed E-state index contributed by atoms with van der Waals surface area (Å²) in [5.74, 6) is 0.289. The lowest BCUT2D eigenvalue weighted by Crippen LogP contribution is -2.55. The first-order valence-corrected chi connectivity index (χ1v) is 9.73. The number of carbonyl (C=O) groups is 1. The maximum atomic E-state index is 13.8. The van der Waals surface area contributed by atoms with Crippen molar-refractivity contribution in [1.29, 1.82) is 0 Å². The Labute approximate surface area is 168 Å². The van der Waals surface area contributed by atoms with Crippen LogP contribution in [0.2, 0.25) is 0 Å². The Hall–Kier alpha value is -2.93. The normalized spacial score (nSPS) is 28.4. The summed E-state index contributed by atoms with van der Waals surface area (Å²) in [5.41, 5.74) is 6.45. The topological polar surface area (TPSA) is 77.2 Å². The van der Waals surface area contributed by atoms with E-state index in [0.29, 0.717) is 30.9 Å². The minimum atomic E-state index is -1.16. The zero-order chi connectivity index (χ0) is 20.2. The molecule has 2 spiro atoms. The van der Waals surface area contributed by atoms with Crippen molar-refractivity contribution in [2.24, 2.45) is 10.7 Å². The van der Waals surface area contributed by atoms with Crippen LogP contribution in [0.15, 0.2) is 47.5 Å². The van der Waals surface area contributed by atoms with Crippen molar-refractivity contribution < 1.29 is 18.7 Å². The van der Waals surface area contributed by atoms with Crippen molar-refractivity contribution in [2.45, 2.75) is 30.4 Å². The number of benzene rings is 2. The lowest BCUT2D eigenvalue weighted by Gasteiger charge is -2.46. The Morgan fingerprint density at radius 2 is 2.03 bits per heavy atom. The van der Waals surface area contributed by atoms with Crippen LogP contribution < -0.4 is 10.5 Å². The van der Waals surface area contributed by atoms with E-state index in [2.05, 4.69) is 4.99 Å². The van der Waals surface area contributed by atoms with E-state index in [1.54, 1.807) is 13.1 Å². The first kappa shape index (κ1) is 18.1. The summed E-state index contributed by atoms with van der Waals surface area (Å²) in [6.07, 6.45) is 2.01. The molecule has 5 rings (SSSR count). The molecule has 2 unspecified atom stereocenters. The summed E-state index contributed by atoms with van der Waals surface area (Å²) < 4.78 is 25.9. The van der Waals surface area contributed by atoms with Gasteiger partial charge in [0.15, 0.2) is 11.5 Å². The number of carbonyl (C=O) groups excluding carboxylic acids is 1. The number of rotatable bonds is 1. The molecule has 2 N–H and O–H groups in total. The summed E-state index contributed by atoms with van der Waals surface area (Å²) in [6.45, 7) is 1.09. The monoisotopic (exact) mass is 395 g/mol. The second-order valence-electron chi connectivity index (χ2n) is 8.03. The molecule has 2 atom stereocenters. The highest BCUT2D eigenvalue weighted by molar-refractivity contribution is 6.07. The second-order valence-corrected chi connectivity index (χ2v) is 8.03. The molecule has 0 bridgehead atoms. The SMILES string of the molecule is CN1C(=O)C2(CC3(CCCOC3)Oc3ccc(-c4cccc(F)c4)cc32)N=C1N. The van der Waals surface area contributed by atoms with Gasteiger partial charge in [-0.3, -0.25) is 9.69 Å². The maximum Gasteiger partial charge on any atom is 0.261 e. The van der Waals surface area contributed by atoms with Gasteiger partial charge in [0.1, 0.15) is 17.2 Å². The van der Waals surface area contributed by atoms with E-state index in [9.17, 15) is 9.18 Å². The van der Waals surface area contributed by atoms with Gasteiger partial charge < -0.3 is 15.2 Å². The first-order chi connectivity index (χ1) is 13.9. The molecule has 3 aliphatic heterocycles. The highest BCUT2D eigenvalue weighted by Crippen LogP contribution is 2.51. The Balaban J connectivity index is 1.69. The number of aliphatic imine (C=N–C) groups is 1. The molecule has 0 radical (unpaired) electrons. The third-order valence-corrected chi connectivity index (χ3v) is 6.08. The van der Waals surface area contributed by atoms with Crippen LogP contribution in [0, 0.1) is 5.82 Å². The summed E-state index contributed by atoms with van der Waals surface area (Å²) in [6, 6.07) is 11.9. The number of nitrogens with zero attached hydrogens (tertiary/aromatic N) is 2. The molecule has 2 aromatic carbocycles. The molecule has 3 heterocycles.